The van der Waals surface area contributed by atoms with Gasteiger partial charge in [0.1, 0.15) is 6.61 Å². The van der Waals surface area contributed by atoms with Crippen LogP contribution in [0, 0.1) is 0 Å². The van der Waals surface area contributed by atoms with Crippen molar-refractivity contribution < 1.29 is 24.5 Å². The van der Waals surface area contributed by atoms with E-state index in [0.717, 1.165) is 6.92 Å². The number of hydrogen-bond donors (Lipinski definition) is 3. The van der Waals surface area contributed by atoms with Crippen LogP contribution in [-0.4, -0.2) is 47.4 Å². The SMILES string of the molecule is C=CCOCC(=O)NCC(C)(O)C(=O)O. The molecule has 0 aliphatic carbocycles. The Bertz CT molecular complexity index is 249. The van der Waals surface area contributed by atoms with E-state index in [0.29, 0.717) is 0 Å². The zero-order valence-electron chi connectivity index (χ0n) is 8.52. The molecule has 0 bridgehead atoms. The lowest BCUT2D eigenvalue weighted by atomic mass is 10.1. The molecule has 0 fully saturated rings. The van der Waals surface area contributed by atoms with E-state index in [9.17, 15) is 14.7 Å². The summed E-state index contributed by atoms with van der Waals surface area (Å²) in [5.74, 6) is -1.88. The number of ether oxygens (including phenoxy) is 1. The maximum Gasteiger partial charge on any atom is 0.337 e. The Morgan fingerprint density at radius 3 is 2.67 bits per heavy atom. The molecule has 86 valence electrons. The molecule has 0 aliphatic heterocycles. The van der Waals surface area contributed by atoms with Gasteiger partial charge >= 0.3 is 5.97 Å². The summed E-state index contributed by atoms with van der Waals surface area (Å²) in [5, 5.41) is 20.0. The van der Waals surface area contributed by atoms with Crippen molar-refractivity contribution in [1.82, 2.24) is 5.32 Å². The number of carboxylic acids is 1. The van der Waals surface area contributed by atoms with Gasteiger partial charge in [0.25, 0.3) is 0 Å². The molecule has 1 atom stereocenters. The van der Waals surface area contributed by atoms with Crippen LogP contribution < -0.4 is 5.32 Å². The first-order valence-electron chi connectivity index (χ1n) is 4.31. The van der Waals surface area contributed by atoms with E-state index in [1.165, 1.54) is 6.08 Å². The highest BCUT2D eigenvalue weighted by molar-refractivity contribution is 5.80. The van der Waals surface area contributed by atoms with E-state index in [1.807, 2.05) is 0 Å². The summed E-state index contributed by atoms with van der Waals surface area (Å²) in [6.07, 6.45) is 1.49. The Morgan fingerprint density at radius 1 is 1.60 bits per heavy atom. The molecule has 0 saturated heterocycles. The number of carbonyl (C=O) groups is 2. The van der Waals surface area contributed by atoms with Gasteiger partial charge in [0.2, 0.25) is 5.91 Å². The normalized spacial score (nSPS) is 14.0. The minimum atomic E-state index is -1.96. The number of nitrogens with one attached hydrogen (secondary N) is 1. The largest absolute Gasteiger partial charge is 0.479 e. The predicted molar refractivity (Wildman–Crippen MR) is 52.3 cm³/mol. The number of aliphatic hydroxyl groups is 1. The molecule has 0 spiro atoms. The van der Waals surface area contributed by atoms with Gasteiger partial charge in [-0.15, -0.1) is 6.58 Å². The molecule has 1 amide bonds. The summed E-state index contributed by atoms with van der Waals surface area (Å²) in [4.78, 5) is 21.5. The third-order valence-corrected chi connectivity index (χ3v) is 1.56. The van der Waals surface area contributed by atoms with Gasteiger partial charge in [-0.05, 0) is 6.92 Å². The monoisotopic (exact) mass is 217 g/mol. The molecule has 6 nitrogen and oxygen atoms in total. The zero-order chi connectivity index (χ0) is 11.9. The Morgan fingerprint density at radius 2 is 2.20 bits per heavy atom. The molecule has 0 radical (unpaired) electrons. The van der Waals surface area contributed by atoms with Crippen LogP contribution >= 0.6 is 0 Å². The molecule has 1 unspecified atom stereocenters. The fraction of sp³-hybridized carbons (Fsp3) is 0.556. The number of hydrogen-bond acceptors (Lipinski definition) is 4. The van der Waals surface area contributed by atoms with Crippen LogP contribution in [0.5, 0.6) is 0 Å². The minimum Gasteiger partial charge on any atom is -0.479 e. The molecule has 0 aliphatic rings. The molecular weight excluding hydrogens is 202 g/mol. The van der Waals surface area contributed by atoms with Gasteiger partial charge in [-0.25, -0.2) is 4.79 Å². The average molecular weight is 217 g/mol. The second-order valence-corrected chi connectivity index (χ2v) is 3.16. The van der Waals surface area contributed by atoms with Crippen molar-refractivity contribution in [2.45, 2.75) is 12.5 Å². The molecule has 0 saturated carbocycles. The lowest BCUT2D eigenvalue weighted by Crippen LogP contribution is -2.47. The van der Waals surface area contributed by atoms with Crippen LogP contribution in [0.3, 0.4) is 0 Å². The van der Waals surface area contributed by atoms with E-state index in [4.69, 9.17) is 9.84 Å². The van der Waals surface area contributed by atoms with E-state index in [-0.39, 0.29) is 19.8 Å². The van der Waals surface area contributed by atoms with Gasteiger partial charge in [-0.2, -0.15) is 0 Å². The number of carboxylic acid groups (broad SMARTS) is 1. The fourth-order valence-corrected chi connectivity index (χ4v) is 0.632. The summed E-state index contributed by atoms with van der Waals surface area (Å²) >= 11 is 0. The lowest BCUT2D eigenvalue weighted by Gasteiger charge is -2.18. The van der Waals surface area contributed by atoms with Gasteiger partial charge in [-0.3, -0.25) is 4.79 Å². The Hall–Kier alpha value is -1.40. The van der Waals surface area contributed by atoms with Crippen molar-refractivity contribution in [2.75, 3.05) is 19.8 Å². The molecule has 15 heavy (non-hydrogen) atoms. The molecular formula is C9H15NO5. The fourth-order valence-electron chi connectivity index (χ4n) is 0.632. The van der Waals surface area contributed by atoms with Gasteiger partial charge in [0.15, 0.2) is 5.60 Å². The molecule has 0 aromatic heterocycles. The van der Waals surface area contributed by atoms with Crippen molar-refractivity contribution in [1.29, 1.82) is 0 Å². The first-order valence-corrected chi connectivity index (χ1v) is 4.31. The van der Waals surface area contributed by atoms with Gasteiger partial charge in [-0.1, -0.05) is 6.08 Å². The van der Waals surface area contributed by atoms with E-state index in [1.54, 1.807) is 0 Å². The summed E-state index contributed by atoms with van der Waals surface area (Å²) < 4.78 is 4.81. The van der Waals surface area contributed by atoms with Crippen LogP contribution in [0.25, 0.3) is 0 Å². The molecule has 3 N–H and O–H groups in total. The quantitative estimate of drug-likeness (QED) is 0.381. The van der Waals surface area contributed by atoms with E-state index in [2.05, 4.69) is 11.9 Å². The Balaban J connectivity index is 3.80. The molecule has 0 heterocycles. The summed E-state index contributed by atoms with van der Waals surface area (Å²) in [6.45, 7) is 4.17. The smallest absolute Gasteiger partial charge is 0.337 e. The number of amides is 1. The Labute approximate surface area is 87.5 Å². The summed E-state index contributed by atoms with van der Waals surface area (Å²) in [7, 11) is 0. The summed E-state index contributed by atoms with van der Waals surface area (Å²) in [6, 6.07) is 0. The van der Waals surface area contributed by atoms with Crippen molar-refractivity contribution in [3.63, 3.8) is 0 Å². The number of aliphatic carboxylic acids is 1. The molecule has 6 heteroatoms. The van der Waals surface area contributed by atoms with Crippen molar-refractivity contribution in [3.8, 4) is 0 Å². The lowest BCUT2D eigenvalue weighted by molar-refractivity contribution is -0.156. The molecule has 0 aromatic carbocycles. The topological polar surface area (TPSA) is 95.9 Å². The molecule has 0 aromatic rings. The highest BCUT2D eigenvalue weighted by Crippen LogP contribution is 2.00. The first-order chi connectivity index (χ1) is 6.90. The third kappa shape index (κ3) is 5.82. The molecule has 0 rings (SSSR count). The third-order valence-electron chi connectivity index (χ3n) is 1.56. The van der Waals surface area contributed by atoms with Crippen molar-refractivity contribution in [2.24, 2.45) is 0 Å². The maximum atomic E-state index is 11.0. The maximum absolute atomic E-state index is 11.0. The van der Waals surface area contributed by atoms with E-state index >= 15 is 0 Å². The van der Waals surface area contributed by atoms with Crippen LogP contribution in [0.15, 0.2) is 12.7 Å². The van der Waals surface area contributed by atoms with Gasteiger partial charge < -0.3 is 20.3 Å². The second-order valence-electron chi connectivity index (χ2n) is 3.16. The van der Waals surface area contributed by atoms with Crippen LogP contribution in [-0.2, 0) is 14.3 Å². The van der Waals surface area contributed by atoms with Gasteiger partial charge in [0, 0.05) is 0 Å². The zero-order valence-corrected chi connectivity index (χ0v) is 8.52. The average Bonchev–Trinajstić information content (AvgIpc) is 2.15. The van der Waals surface area contributed by atoms with Crippen LogP contribution in [0.2, 0.25) is 0 Å². The van der Waals surface area contributed by atoms with Crippen molar-refractivity contribution >= 4 is 11.9 Å². The first kappa shape index (κ1) is 13.6. The second kappa shape index (κ2) is 6.15. The van der Waals surface area contributed by atoms with Gasteiger partial charge in [0.05, 0.1) is 13.2 Å². The van der Waals surface area contributed by atoms with Crippen LogP contribution in [0.1, 0.15) is 6.92 Å². The predicted octanol–water partition coefficient (Wildman–Crippen LogP) is -0.859. The minimum absolute atomic E-state index is 0.193. The number of rotatable bonds is 7. The summed E-state index contributed by atoms with van der Waals surface area (Å²) in [5.41, 5.74) is -1.96. The highest BCUT2D eigenvalue weighted by Gasteiger charge is 2.30. The van der Waals surface area contributed by atoms with E-state index < -0.39 is 17.5 Å². The van der Waals surface area contributed by atoms with Crippen molar-refractivity contribution in [3.05, 3.63) is 12.7 Å². The highest BCUT2D eigenvalue weighted by atomic mass is 16.5. The number of carbonyl (C=O) groups excluding carboxylic acids is 1. The Kier molecular flexibility index (Phi) is 5.58. The van der Waals surface area contributed by atoms with Crippen LogP contribution in [0.4, 0.5) is 0 Å². The standard InChI is InChI=1S/C9H15NO5/c1-3-4-15-5-7(11)10-6-9(2,14)8(12)13/h3,14H,1,4-6H2,2H3,(H,10,11)(H,12,13).